The van der Waals surface area contributed by atoms with Crippen LogP contribution >= 0.6 is 11.8 Å². The van der Waals surface area contributed by atoms with Gasteiger partial charge in [0.25, 0.3) is 0 Å². The highest BCUT2D eigenvalue weighted by Gasteiger charge is 2.37. The molecule has 7 amide bonds. The molecule has 11 N–H and O–H groups in total. The lowest BCUT2D eigenvalue weighted by Gasteiger charge is -2.29. The monoisotopic (exact) mass is 818 g/mol. The summed E-state index contributed by atoms with van der Waals surface area (Å²) in [7, 11) is 0. The molecule has 57 heavy (non-hydrogen) atoms. The maximum absolute atomic E-state index is 13.9. The number of hydrogen-bond donors (Lipinski definition) is 9. The first-order valence-electron chi connectivity index (χ1n) is 19.0. The summed E-state index contributed by atoms with van der Waals surface area (Å²) in [6.07, 6.45) is -0.878. The molecule has 19 heteroatoms. The third kappa shape index (κ3) is 16.5. The third-order valence-electron chi connectivity index (χ3n) is 9.20. The number of primary amides is 1. The van der Waals surface area contributed by atoms with E-state index in [0.717, 1.165) is 0 Å². The smallest absolute Gasteiger partial charge is 0.305 e. The lowest BCUT2D eigenvalue weighted by atomic mass is 9.99. The van der Waals surface area contributed by atoms with E-state index in [9.17, 15) is 48.3 Å². The number of carbonyl (C=O) groups is 9. The first-order chi connectivity index (χ1) is 26.7. The van der Waals surface area contributed by atoms with Crippen LogP contribution in [-0.4, -0.2) is 106 Å². The van der Waals surface area contributed by atoms with Crippen molar-refractivity contribution < 1.29 is 48.3 Å². The van der Waals surface area contributed by atoms with Gasteiger partial charge < -0.3 is 48.5 Å². The predicted octanol–water partition coefficient (Wildman–Crippen LogP) is -0.773. The fraction of sp³-hybridized carbons (Fsp3) is 0.605. The maximum atomic E-state index is 13.9. The summed E-state index contributed by atoms with van der Waals surface area (Å²) in [6, 6.07) is -1.17. The summed E-state index contributed by atoms with van der Waals surface area (Å²) in [6.45, 7) is 10.8. The highest BCUT2D eigenvalue weighted by atomic mass is 32.2. The van der Waals surface area contributed by atoms with E-state index in [4.69, 9.17) is 11.5 Å². The van der Waals surface area contributed by atoms with Gasteiger partial charge in [0.15, 0.2) is 0 Å². The van der Waals surface area contributed by atoms with Crippen LogP contribution in [0.4, 0.5) is 0 Å². The standard InChI is InChI=1S/C38H58N8O10S/c1-7-21(6)31(40)37(55)44-25(16-29(39)47)34(52)46-28-18-57-38(56)27(14-20(4)5)45-32(50)23(13-19(2)3)41-33(51)24(15-22-11-9-8-10-12-22)42-35(53)26(17-30(48)49)43-36(28)54/h8-12,19-21,23-28,31H,7,13-18,40H2,1-6H3,(H2,39,47)(H,41,51)(H,42,53)(H,43,54)(H,44,55)(H,45,50)(H,46,52)(H,48,49)/t21-,23-,24-,25-,26+,27-,28-,31-/m0/s1. The van der Waals surface area contributed by atoms with E-state index < -0.39 is 113 Å². The SMILES string of the molecule is CC[C@H](C)[C@H](N)C(=O)N[C@@H](CC(N)=O)C(=O)N[C@H]1CSC(=O)[C@H](CC(C)C)NC(=O)[C@H](CC(C)C)NC(=O)[C@H](Cc2ccccc2)NC(=O)[C@@H](CC(=O)O)NC1=O. The second-order valence-corrected chi connectivity index (χ2v) is 16.1. The molecule has 1 fully saturated rings. The van der Waals surface area contributed by atoms with Crippen LogP contribution in [0.2, 0.25) is 0 Å². The first kappa shape index (κ1) is 48.1. The number of carboxylic acid groups (broad SMARTS) is 1. The van der Waals surface area contributed by atoms with Crippen LogP contribution in [0.5, 0.6) is 0 Å². The molecule has 18 nitrogen and oxygen atoms in total. The Labute approximate surface area is 336 Å². The van der Waals surface area contributed by atoms with E-state index in [-0.39, 0.29) is 37.0 Å². The van der Waals surface area contributed by atoms with Gasteiger partial charge in [0.2, 0.25) is 46.5 Å². The normalized spacial score (nSPS) is 23.0. The third-order valence-corrected chi connectivity index (χ3v) is 10.3. The summed E-state index contributed by atoms with van der Waals surface area (Å²) < 4.78 is 0. The van der Waals surface area contributed by atoms with Crippen molar-refractivity contribution in [1.29, 1.82) is 0 Å². The van der Waals surface area contributed by atoms with Gasteiger partial charge in [-0.3, -0.25) is 43.2 Å². The number of carboxylic acids is 1. The number of rotatable bonds is 16. The number of carbonyl (C=O) groups excluding carboxylic acids is 8. The van der Waals surface area contributed by atoms with Crippen LogP contribution in [0.3, 0.4) is 0 Å². The van der Waals surface area contributed by atoms with Gasteiger partial charge in [0.05, 0.1) is 24.9 Å². The van der Waals surface area contributed by atoms with Crippen molar-refractivity contribution in [1.82, 2.24) is 31.9 Å². The molecule has 2 rings (SSSR count). The quantitative estimate of drug-likeness (QED) is 0.0994. The Morgan fingerprint density at radius 2 is 1.32 bits per heavy atom. The first-order valence-corrected chi connectivity index (χ1v) is 20.0. The lowest BCUT2D eigenvalue weighted by Crippen LogP contribution is -2.61. The van der Waals surface area contributed by atoms with Crippen LogP contribution in [0.1, 0.15) is 79.2 Å². The van der Waals surface area contributed by atoms with Crippen LogP contribution in [0, 0.1) is 17.8 Å². The van der Waals surface area contributed by atoms with E-state index in [0.29, 0.717) is 23.7 Å². The van der Waals surface area contributed by atoms with Crippen molar-refractivity contribution in [2.24, 2.45) is 29.2 Å². The summed E-state index contributed by atoms with van der Waals surface area (Å²) in [5, 5.41) is 24.2. The molecule has 1 saturated heterocycles. The number of amides is 7. The number of hydrogen-bond acceptors (Lipinski definition) is 11. The minimum Gasteiger partial charge on any atom is -0.481 e. The fourth-order valence-electron chi connectivity index (χ4n) is 5.83. The van der Waals surface area contributed by atoms with Crippen molar-refractivity contribution in [3.63, 3.8) is 0 Å². The molecule has 0 unspecified atom stereocenters. The van der Waals surface area contributed by atoms with Gasteiger partial charge in [-0.15, -0.1) is 0 Å². The van der Waals surface area contributed by atoms with E-state index >= 15 is 0 Å². The highest BCUT2D eigenvalue weighted by Crippen LogP contribution is 2.17. The molecule has 1 aromatic rings. The van der Waals surface area contributed by atoms with Crippen molar-refractivity contribution in [2.75, 3.05) is 5.75 Å². The highest BCUT2D eigenvalue weighted by molar-refractivity contribution is 8.13. The molecule has 0 spiro atoms. The van der Waals surface area contributed by atoms with Crippen LogP contribution in [0.25, 0.3) is 0 Å². The van der Waals surface area contributed by atoms with Crippen molar-refractivity contribution in [3.8, 4) is 0 Å². The minimum atomic E-state index is -1.80. The van der Waals surface area contributed by atoms with E-state index in [1.54, 1.807) is 44.2 Å². The molecular weight excluding hydrogens is 761 g/mol. The second kappa shape index (κ2) is 23.3. The molecule has 0 saturated carbocycles. The van der Waals surface area contributed by atoms with Crippen molar-refractivity contribution >= 4 is 64.2 Å². The minimum absolute atomic E-state index is 0.0837. The lowest BCUT2D eigenvalue weighted by molar-refractivity contribution is -0.141. The van der Waals surface area contributed by atoms with E-state index in [1.165, 1.54) is 0 Å². The van der Waals surface area contributed by atoms with Crippen LogP contribution in [0.15, 0.2) is 30.3 Å². The predicted molar refractivity (Wildman–Crippen MR) is 212 cm³/mol. The molecule has 1 aliphatic rings. The Balaban J connectivity index is 2.65. The van der Waals surface area contributed by atoms with Crippen molar-refractivity contribution in [3.05, 3.63) is 35.9 Å². The zero-order valence-corrected chi connectivity index (χ0v) is 34.1. The summed E-state index contributed by atoms with van der Waals surface area (Å²) >= 11 is 0.570. The summed E-state index contributed by atoms with van der Waals surface area (Å²) in [5.41, 5.74) is 12.0. The largest absolute Gasteiger partial charge is 0.481 e. The molecule has 1 aromatic carbocycles. The Kier molecular flexibility index (Phi) is 19.6. The maximum Gasteiger partial charge on any atom is 0.305 e. The van der Waals surface area contributed by atoms with Gasteiger partial charge in [-0.1, -0.05) is 90.1 Å². The number of thioether (sulfide) groups is 1. The summed E-state index contributed by atoms with van der Waals surface area (Å²) in [5.74, 6) is -8.93. The molecule has 8 atom stereocenters. The van der Waals surface area contributed by atoms with Gasteiger partial charge in [-0.05, 0) is 36.2 Å². The van der Waals surface area contributed by atoms with Gasteiger partial charge in [-0.25, -0.2) is 0 Å². The molecule has 0 bridgehead atoms. The zero-order chi connectivity index (χ0) is 43.0. The zero-order valence-electron chi connectivity index (χ0n) is 33.3. The number of nitrogens with two attached hydrogens (primary N) is 2. The number of aliphatic carboxylic acids is 1. The molecule has 1 aliphatic heterocycles. The van der Waals surface area contributed by atoms with Crippen LogP contribution in [-0.2, 0) is 49.6 Å². The number of nitrogens with one attached hydrogen (secondary N) is 6. The van der Waals surface area contributed by atoms with Gasteiger partial charge in [-0.2, -0.15) is 0 Å². The molecule has 0 radical (unpaired) electrons. The van der Waals surface area contributed by atoms with Gasteiger partial charge >= 0.3 is 5.97 Å². The van der Waals surface area contributed by atoms with Gasteiger partial charge in [0.1, 0.15) is 30.2 Å². The van der Waals surface area contributed by atoms with E-state index in [2.05, 4.69) is 31.9 Å². The summed E-state index contributed by atoms with van der Waals surface area (Å²) in [4.78, 5) is 120. The van der Waals surface area contributed by atoms with Crippen LogP contribution < -0.4 is 43.4 Å². The van der Waals surface area contributed by atoms with Gasteiger partial charge in [0, 0.05) is 12.2 Å². The molecule has 0 aromatic heterocycles. The molecular formula is C38H58N8O10S. The number of benzene rings is 1. The fourth-order valence-corrected chi connectivity index (χ4v) is 6.75. The molecule has 0 aliphatic carbocycles. The topological polar surface area (TPSA) is 298 Å². The Bertz CT molecular complexity index is 1610. The van der Waals surface area contributed by atoms with E-state index in [1.807, 2.05) is 27.7 Å². The Morgan fingerprint density at radius 1 is 0.789 bits per heavy atom. The Morgan fingerprint density at radius 3 is 1.88 bits per heavy atom. The Hall–Kier alpha value is -5.04. The molecule has 1 heterocycles. The molecule has 316 valence electrons. The average molecular weight is 819 g/mol. The second-order valence-electron chi connectivity index (χ2n) is 15.1. The van der Waals surface area contributed by atoms with Crippen molar-refractivity contribution in [2.45, 2.75) is 122 Å². The average Bonchev–Trinajstić information content (AvgIpc) is 3.13.